The number of hydrogen-bond donors (Lipinski definition) is 0. The maximum atomic E-state index is 0. The molecule has 0 saturated heterocycles. The molecule has 5 heteroatoms. The van der Waals surface area contributed by atoms with E-state index in [-0.39, 0.29) is 81.0 Å². The maximum absolute atomic E-state index is 0. The fraction of sp³-hybridized carbons (Fsp3) is 0. The Bertz CT molecular complexity index is 9.61. The van der Waals surface area contributed by atoms with E-state index in [0.29, 0.717) is 0 Å². The summed E-state index contributed by atoms with van der Waals surface area (Å²) in [7, 11) is 0. The Labute approximate surface area is 80.0 Å². The van der Waals surface area contributed by atoms with E-state index >= 15 is 0 Å². The summed E-state index contributed by atoms with van der Waals surface area (Å²) in [4.78, 5) is 0. The molecule has 0 spiro atoms. The SMILES string of the molecule is [O-2].[O-2].[Sb+3].[Sn+4].[Ti+4]. The quantitative estimate of drug-likeness (QED) is 0.514. The smallest absolute Gasteiger partial charge is 2.00 e. The molecule has 0 aromatic rings. The largest absolute Gasteiger partial charge is 4.00 e. The van der Waals surface area contributed by atoms with Crippen LogP contribution in [0, 0.1) is 0 Å². The van der Waals surface area contributed by atoms with Crippen LogP contribution in [0.25, 0.3) is 0 Å². The van der Waals surface area contributed by atoms with Crippen LogP contribution in [0.4, 0.5) is 0 Å². The zero-order chi connectivity index (χ0) is 0. The van der Waals surface area contributed by atoms with Gasteiger partial charge in [-0.05, 0) is 0 Å². The van der Waals surface area contributed by atoms with Crippen LogP contribution in [0.3, 0.4) is 0 Å². The van der Waals surface area contributed by atoms with Gasteiger partial charge in [0.05, 0.1) is 0 Å². The van der Waals surface area contributed by atoms with Gasteiger partial charge in [0, 0.05) is 0 Å². The standard InChI is InChI=1S/2O.Sb.Sn.Ti/q2*-2;+3;2*+4. The van der Waals surface area contributed by atoms with E-state index in [4.69, 9.17) is 0 Å². The molecule has 2 nitrogen and oxygen atoms in total. The van der Waals surface area contributed by atoms with Crippen molar-refractivity contribution >= 4 is 48.3 Å². The average Bonchev–Trinajstić information content (AvgIpc) is 0. The van der Waals surface area contributed by atoms with Gasteiger partial charge in [-0.1, -0.05) is 0 Å². The molecule has 0 bridgehead atoms. The van der Waals surface area contributed by atoms with Crippen LogP contribution in [-0.2, 0) is 32.7 Å². The zero-order valence-electron chi connectivity index (χ0n) is 2.26. The van der Waals surface area contributed by atoms with Crippen molar-refractivity contribution in [1.29, 1.82) is 0 Å². The Morgan fingerprint density at radius 2 is 0.800 bits per heavy atom. The molecule has 0 atom stereocenters. The summed E-state index contributed by atoms with van der Waals surface area (Å²) in [5.41, 5.74) is 0. The van der Waals surface area contributed by atoms with Crippen molar-refractivity contribution in [2.45, 2.75) is 0 Å². The Morgan fingerprint density at radius 1 is 0.800 bits per heavy atom. The Balaban J connectivity index is 0. The van der Waals surface area contributed by atoms with Crippen molar-refractivity contribution < 1.29 is 32.7 Å². The first-order valence-corrected chi connectivity index (χ1v) is 0. The van der Waals surface area contributed by atoms with E-state index in [1.807, 2.05) is 0 Å². The first-order chi connectivity index (χ1) is 0. The van der Waals surface area contributed by atoms with Gasteiger partial charge in [-0.3, -0.25) is 0 Å². The van der Waals surface area contributed by atoms with Crippen molar-refractivity contribution in [3.63, 3.8) is 0 Å². The Kier molecular flexibility index (Phi) is 380. The fourth-order valence-corrected chi connectivity index (χ4v) is 0. The van der Waals surface area contributed by atoms with E-state index in [2.05, 4.69) is 0 Å². The molecule has 0 rings (SSSR count). The second-order valence-electron chi connectivity index (χ2n) is 0. The van der Waals surface area contributed by atoms with E-state index in [9.17, 15) is 0 Å². The predicted molar refractivity (Wildman–Crippen MR) is 12.9 cm³/mol. The zero-order valence-corrected chi connectivity index (χ0v) is 9.23. The van der Waals surface area contributed by atoms with Gasteiger partial charge in [0.25, 0.3) is 0 Å². The van der Waals surface area contributed by atoms with Crippen LogP contribution in [0.2, 0.25) is 0 Å². The van der Waals surface area contributed by atoms with Crippen molar-refractivity contribution in [1.82, 2.24) is 0 Å². The van der Waals surface area contributed by atoms with Gasteiger partial charge in [0.2, 0.25) is 0 Å². The van der Waals surface area contributed by atoms with Gasteiger partial charge in [0.15, 0.2) is 0 Å². The molecule has 0 unspecified atom stereocenters. The van der Waals surface area contributed by atoms with Crippen LogP contribution in [-0.4, -0.2) is 48.3 Å². The minimum Gasteiger partial charge on any atom is -2.00 e. The summed E-state index contributed by atoms with van der Waals surface area (Å²) >= 11 is 0. The molecule has 18 valence electrons. The summed E-state index contributed by atoms with van der Waals surface area (Å²) in [6.45, 7) is 0. The van der Waals surface area contributed by atoms with Crippen LogP contribution in [0.15, 0.2) is 0 Å². The van der Waals surface area contributed by atoms with Crippen LogP contribution >= 0.6 is 0 Å². The average molecular weight is 320 g/mol. The minimum absolute atomic E-state index is 0. The van der Waals surface area contributed by atoms with Crippen molar-refractivity contribution in [3.8, 4) is 0 Å². The molecule has 0 N–H and O–H groups in total. The van der Waals surface area contributed by atoms with E-state index in [1.165, 1.54) is 0 Å². The van der Waals surface area contributed by atoms with E-state index in [1.54, 1.807) is 0 Å². The normalized spacial score (nSPS) is 0. The molecular formula is O2SbSnTi+7. The number of hydrogen-bond acceptors (Lipinski definition) is 0. The predicted octanol–water partition coefficient (Wildman–Crippen LogP) is -1.00. The first-order valence-electron chi connectivity index (χ1n) is 0. The van der Waals surface area contributed by atoms with Crippen LogP contribution in [0.1, 0.15) is 0 Å². The molecule has 0 heterocycles. The monoisotopic (exact) mass is 321 g/mol. The van der Waals surface area contributed by atoms with Gasteiger partial charge in [-0.15, -0.1) is 0 Å². The molecule has 0 amide bonds. The van der Waals surface area contributed by atoms with Crippen LogP contribution in [0.5, 0.6) is 0 Å². The number of rotatable bonds is 0. The second-order valence-corrected chi connectivity index (χ2v) is 0. The third-order valence-electron chi connectivity index (χ3n) is 0. The molecule has 0 aliphatic rings. The summed E-state index contributed by atoms with van der Waals surface area (Å²) in [6, 6.07) is 0. The summed E-state index contributed by atoms with van der Waals surface area (Å²) in [5.74, 6) is 0. The minimum atomic E-state index is 0. The fourth-order valence-electron chi connectivity index (χ4n) is 0. The molecular weight excluding hydrogens is 320 g/mol. The Hall–Kier alpha value is 2.25. The Morgan fingerprint density at radius 3 is 0.800 bits per heavy atom. The summed E-state index contributed by atoms with van der Waals surface area (Å²) in [5, 5.41) is 0. The molecule has 5 heavy (non-hydrogen) atoms. The molecule has 0 aromatic heterocycles. The van der Waals surface area contributed by atoms with E-state index < -0.39 is 0 Å². The van der Waals surface area contributed by atoms with Gasteiger partial charge in [0.1, 0.15) is 0 Å². The first kappa shape index (κ1) is 55.9. The topological polar surface area (TPSA) is 57.0 Å². The molecule has 0 saturated carbocycles. The molecule has 0 fully saturated rings. The third kappa shape index (κ3) is 22.3. The molecule has 2 radical (unpaired) electrons. The summed E-state index contributed by atoms with van der Waals surface area (Å²) < 4.78 is 0. The van der Waals surface area contributed by atoms with Gasteiger partial charge < -0.3 is 11.0 Å². The second kappa shape index (κ2) is 34.0. The van der Waals surface area contributed by atoms with Gasteiger partial charge in [-0.2, -0.15) is 0 Å². The van der Waals surface area contributed by atoms with Gasteiger partial charge >= 0.3 is 70.1 Å². The molecule has 0 aromatic carbocycles. The van der Waals surface area contributed by atoms with Gasteiger partial charge in [-0.25, -0.2) is 0 Å². The van der Waals surface area contributed by atoms with Crippen LogP contribution < -0.4 is 0 Å². The molecule has 0 aliphatic carbocycles. The van der Waals surface area contributed by atoms with Crippen molar-refractivity contribution in [3.05, 3.63) is 0 Å². The van der Waals surface area contributed by atoms with Crippen molar-refractivity contribution in [2.24, 2.45) is 0 Å². The van der Waals surface area contributed by atoms with E-state index in [0.717, 1.165) is 0 Å². The molecule has 0 aliphatic heterocycles. The summed E-state index contributed by atoms with van der Waals surface area (Å²) in [6.07, 6.45) is 0. The van der Waals surface area contributed by atoms with Crippen molar-refractivity contribution in [2.75, 3.05) is 0 Å². The third-order valence-corrected chi connectivity index (χ3v) is 0. The maximum Gasteiger partial charge on any atom is 4.00 e.